The number of unbranched alkanes of at least 4 members (excludes halogenated alkanes) is 23. The largest absolute Gasteiger partial charge is 0.508 e. The fourth-order valence-corrected chi connectivity index (χ4v) is 10.8. The number of ether oxygens (including phenoxy) is 8. The first-order chi connectivity index (χ1) is 51.8. The molecule has 2 aliphatic heterocycles. The van der Waals surface area contributed by atoms with E-state index in [4.69, 9.17) is 60.7 Å². The fraction of sp³-hybridized carbons (Fsp3) is 0.506. The van der Waals surface area contributed by atoms with Gasteiger partial charge in [-0.05, 0) is 118 Å². The smallest absolute Gasteiger partial charge is 0.339 e. The second-order valence-electron chi connectivity index (χ2n) is 27.1. The first kappa shape index (κ1) is 94.6. The van der Waals surface area contributed by atoms with Crippen molar-refractivity contribution in [2.75, 3.05) is 27.4 Å². The van der Waals surface area contributed by atoms with E-state index in [9.17, 15) is 28.8 Å². The topological polar surface area (TPSA) is 249 Å². The monoisotopic (exact) mass is 1500 g/mol. The summed E-state index contributed by atoms with van der Waals surface area (Å²) in [5.74, 6) is 7.34. The molecule has 2 aliphatic rings. The van der Waals surface area contributed by atoms with Crippen molar-refractivity contribution in [2.45, 2.75) is 269 Å². The average Bonchev–Trinajstić information content (AvgIpc) is 0.875. The second-order valence-corrected chi connectivity index (χ2v) is 27.1. The maximum absolute atomic E-state index is 11.8. The number of methoxy groups -OCH3 is 2. The molecule has 0 spiro atoms. The minimum absolute atomic E-state index is 0.198. The Balaban J connectivity index is 0.000000453. The molecule has 0 saturated heterocycles. The maximum atomic E-state index is 11.8. The van der Waals surface area contributed by atoms with Crippen LogP contribution in [0.2, 0.25) is 0 Å². The highest BCUT2D eigenvalue weighted by atomic mass is 16.5. The van der Waals surface area contributed by atoms with Crippen LogP contribution in [0.5, 0.6) is 28.7 Å². The third kappa shape index (κ3) is 50.9. The lowest BCUT2D eigenvalue weighted by Crippen LogP contribution is -2.11. The number of allylic oxidation sites excluding steroid dienone is 9. The van der Waals surface area contributed by atoms with Crippen molar-refractivity contribution in [3.05, 3.63) is 238 Å². The number of hydrogen-bond acceptors (Lipinski definition) is 19. The van der Waals surface area contributed by atoms with Crippen LogP contribution in [0.4, 0.5) is 0 Å². The number of aliphatic hydroxyl groups excluding tert-OH is 1. The van der Waals surface area contributed by atoms with Gasteiger partial charge in [-0.15, -0.1) is 0 Å². The van der Waals surface area contributed by atoms with Gasteiger partial charge in [0, 0.05) is 61.4 Å². The molecule has 0 bridgehead atoms. The molecule has 108 heavy (non-hydrogen) atoms. The van der Waals surface area contributed by atoms with Crippen molar-refractivity contribution >= 4 is 11.9 Å². The number of aliphatic hydroxyl groups is 1. The third-order valence-electron chi connectivity index (χ3n) is 16.4. The van der Waals surface area contributed by atoms with E-state index in [1.807, 2.05) is 43.3 Å². The van der Waals surface area contributed by atoms with E-state index >= 15 is 0 Å². The lowest BCUT2D eigenvalue weighted by atomic mass is 10.0. The van der Waals surface area contributed by atoms with E-state index in [2.05, 4.69) is 53.9 Å². The predicted octanol–water partition coefficient (Wildman–Crippen LogP) is 22.7. The van der Waals surface area contributed by atoms with E-state index in [0.717, 1.165) is 61.0 Å². The number of carbonyl (C=O) groups excluding carboxylic acids is 2. The normalized spacial score (nSPS) is 12.0. The minimum atomic E-state index is -0.534. The van der Waals surface area contributed by atoms with Crippen LogP contribution < -0.4 is 46.2 Å². The number of benzene rings is 1. The molecular weight excluding hydrogens is 1370 g/mol. The molecule has 0 unspecified atom stereocenters. The molecule has 19 heteroatoms. The molecule has 5 aromatic rings. The van der Waals surface area contributed by atoms with Crippen LogP contribution in [-0.4, -0.2) is 44.5 Å². The summed E-state index contributed by atoms with van der Waals surface area (Å²) in [5, 5.41) is 8.89. The Hall–Kier alpha value is -9.52. The van der Waals surface area contributed by atoms with Crippen LogP contribution >= 0.6 is 0 Å². The Morgan fingerprint density at radius 1 is 0.426 bits per heavy atom. The molecule has 1 aromatic carbocycles. The van der Waals surface area contributed by atoms with E-state index < -0.39 is 17.2 Å². The Morgan fingerprint density at radius 2 is 0.815 bits per heavy atom. The summed E-state index contributed by atoms with van der Waals surface area (Å²) in [6, 6.07) is 19.1. The standard InChI is InChI=1S/C22H36O4.C20H34O3.C16H16O5.C16H22O3.C8H10O2.C7H8O2/c1-3-4-5-6-7-8-9-10-11-12-13-14-15-16-21(23)26-20-17-19(2)25-22(24)18-20;1-3-4-5-6-7-8-9-10-11-12-13-14-15-22-19-16-18(2)23-20(21)17-19;1-11-9-14(10-16(18)20-11)21-15(17)8-5-12-3-6-13(19-2)7-4-12;1-12(2)6-5-7-13(3)8-9-18-15-10-14(4)19-16(17)11-15;1-6-4-8(9-3)5-7(2)10-6;1-5-3-7(8)4-6(2)9-5/h17-18H,3-16H2,1-2H3;16-17H,3-15H2,1-2H3;3-4,6-7,9-10H,5,8H2,1-2H3;6,8,10-11H,5,7,9H2,1-4H3;4-5H,1H2,2-3H3;3-4,8H,1H2,2H3/b;;;13-8+;;. The number of aryl methyl sites for hydroxylation is 5. The first-order valence-corrected chi connectivity index (χ1v) is 38.6. The molecule has 7 rings (SSSR count). The van der Waals surface area contributed by atoms with Gasteiger partial charge in [0.15, 0.2) is 0 Å². The number of esters is 2. The molecule has 0 amide bonds. The molecule has 6 heterocycles. The fourth-order valence-electron chi connectivity index (χ4n) is 10.8. The highest BCUT2D eigenvalue weighted by Gasteiger charge is 2.11. The summed E-state index contributed by atoms with van der Waals surface area (Å²) >= 11 is 0. The van der Waals surface area contributed by atoms with Gasteiger partial charge >= 0.3 is 34.4 Å². The summed E-state index contributed by atoms with van der Waals surface area (Å²) in [6.45, 7) is 29.5. The van der Waals surface area contributed by atoms with Crippen LogP contribution in [0.25, 0.3) is 0 Å². The van der Waals surface area contributed by atoms with Crippen LogP contribution in [0.1, 0.15) is 263 Å². The molecule has 4 aromatic heterocycles. The van der Waals surface area contributed by atoms with Gasteiger partial charge in [0.05, 0.1) is 45.1 Å². The van der Waals surface area contributed by atoms with Crippen LogP contribution in [-0.2, 0) is 30.2 Å². The van der Waals surface area contributed by atoms with E-state index in [1.165, 1.54) is 189 Å². The molecule has 0 fully saturated rings. The summed E-state index contributed by atoms with van der Waals surface area (Å²) in [4.78, 5) is 68.3. The highest BCUT2D eigenvalue weighted by Crippen LogP contribution is 2.21. The van der Waals surface area contributed by atoms with Gasteiger partial charge in [-0.1, -0.05) is 204 Å². The average molecular weight is 1500 g/mol. The predicted molar refractivity (Wildman–Crippen MR) is 430 cm³/mol. The Labute approximate surface area is 642 Å². The molecule has 596 valence electrons. The summed E-state index contributed by atoms with van der Waals surface area (Å²) in [7, 11) is 3.22. The van der Waals surface area contributed by atoms with E-state index in [-0.39, 0.29) is 40.9 Å². The van der Waals surface area contributed by atoms with E-state index in [1.54, 1.807) is 73.1 Å². The van der Waals surface area contributed by atoms with Crippen LogP contribution in [0, 0.1) is 27.7 Å². The van der Waals surface area contributed by atoms with Crippen molar-refractivity contribution in [1.82, 2.24) is 0 Å². The van der Waals surface area contributed by atoms with Crippen molar-refractivity contribution < 1.29 is 70.3 Å². The van der Waals surface area contributed by atoms with Crippen LogP contribution in [0.3, 0.4) is 0 Å². The molecule has 0 aliphatic carbocycles. The lowest BCUT2D eigenvalue weighted by molar-refractivity contribution is -0.135. The number of rotatable bonds is 41. The highest BCUT2D eigenvalue weighted by molar-refractivity contribution is 5.73. The number of hydrogen-bond donors (Lipinski definition) is 1. The molecule has 1 N–H and O–H groups in total. The maximum Gasteiger partial charge on any atom is 0.339 e. The van der Waals surface area contributed by atoms with Gasteiger partial charge in [-0.2, -0.15) is 0 Å². The van der Waals surface area contributed by atoms with Crippen molar-refractivity contribution in [3.8, 4) is 28.7 Å². The van der Waals surface area contributed by atoms with Gasteiger partial charge < -0.3 is 60.7 Å². The van der Waals surface area contributed by atoms with Crippen molar-refractivity contribution in [1.29, 1.82) is 0 Å². The van der Waals surface area contributed by atoms with Gasteiger partial charge in [0.2, 0.25) is 0 Å². The Kier molecular flexibility index (Phi) is 51.3. The Morgan fingerprint density at radius 3 is 1.21 bits per heavy atom. The quantitative estimate of drug-likeness (QED) is 0.0217. The second kappa shape index (κ2) is 58.6. The summed E-state index contributed by atoms with van der Waals surface area (Å²) < 4.78 is 61.0. The Bertz CT molecular complexity index is 3840. The van der Waals surface area contributed by atoms with Gasteiger partial charge in [-0.25, -0.2) is 19.2 Å². The summed E-state index contributed by atoms with van der Waals surface area (Å²) in [6.07, 6.45) is 46.7. The van der Waals surface area contributed by atoms with Gasteiger partial charge in [0.1, 0.15) is 93.0 Å². The lowest BCUT2D eigenvalue weighted by Gasteiger charge is -2.12. The zero-order valence-electron chi connectivity index (χ0n) is 67.2. The van der Waals surface area contributed by atoms with Crippen LogP contribution in [0.15, 0.2) is 205 Å². The summed E-state index contributed by atoms with van der Waals surface area (Å²) in [5.41, 5.74) is 1.90. The molecule has 19 nitrogen and oxygen atoms in total. The third-order valence-corrected chi connectivity index (χ3v) is 16.4. The zero-order valence-corrected chi connectivity index (χ0v) is 67.2. The SMILES string of the molecule is C=C1C=C(O)C=C(C)O1.C=C1C=C(OC)C=C(C)O1.CC(C)=CCC/C(C)=C/COc1cc(C)oc(=O)c1.CCCCCCCCCCCCCCCC(=O)Oc1cc(C)oc(=O)c1.CCCCCCCCCCCCCCOc1cc(C)oc(=O)c1.COc1ccc(CCC(=O)Oc2cc(C)oc(=O)c2)cc1. The number of carbonyl (C=O) groups is 2. The van der Waals surface area contributed by atoms with E-state index in [0.29, 0.717) is 77.9 Å². The molecular formula is C89H126O19. The van der Waals surface area contributed by atoms with Crippen molar-refractivity contribution in [3.63, 3.8) is 0 Å². The first-order valence-electron chi connectivity index (χ1n) is 38.6. The van der Waals surface area contributed by atoms with Gasteiger partial charge in [0.25, 0.3) is 0 Å². The molecule has 0 radical (unpaired) electrons. The van der Waals surface area contributed by atoms with Gasteiger partial charge in [-0.3, -0.25) is 9.59 Å². The zero-order chi connectivity index (χ0) is 79.7. The molecule has 0 atom stereocenters. The molecule has 0 saturated carbocycles. The van der Waals surface area contributed by atoms with Crippen molar-refractivity contribution in [2.24, 2.45) is 0 Å². The minimum Gasteiger partial charge on any atom is -0.508 e.